The second-order valence-corrected chi connectivity index (χ2v) is 0.879. The van der Waals surface area contributed by atoms with Gasteiger partial charge in [0, 0.05) is 60.3 Å². The van der Waals surface area contributed by atoms with E-state index in [0.29, 0.717) is 0 Å². The molecule has 0 bridgehead atoms. The number of nitrogens with one attached hydrogen (secondary N) is 2. The van der Waals surface area contributed by atoms with Crippen molar-refractivity contribution in [2.45, 2.75) is 0 Å². The van der Waals surface area contributed by atoms with E-state index in [1.54, 1.807) is 0 Å². The van der Waals surface area contributed by atoms with E-state index in [1.807, 2.05) is 5.32 Å². The van der Waals surface area contributed by atoms with Gasteiger partial charge in [-0.1, -0.05) is 0 Å². The molecule has 57 valence electrons. The van der Waals surface area contributed by atoms with Gasteiger partial charge in [-0.15, -0.1) is 0 Å². The van der Waals surface area contributed by atoms with Crippen LogP contribution in [-0.4, -0.2) is 18.9 Å². The third-order valence-corrected chi connectivity index (χ3v) is 0.321. The second-order valence-electron chi connectivity index (χ2n) is 0.879. The Morgan fingerprint density at radius 2 is 1.91 bits per heavy atom. The zero-order chi connectivity index (χ0) is 5.70. The predicted octanol–water partition coefficient (Wildman–Crippen LogP) is -3.33. The summed E-state index contributed by atoms with van der Waals surface area (Å²) in [7, 11) is 0. The van der Waals surface area contributed by atoms with Crippen molar-refractivity contribution in [3.63, 3.8) is 0 Å². The molecule has 0 aromatic rings. The molecule has 0 saturated carbocycles. The van der Waals surface area contributed by atoms with E-state index in [1.165, 1.54) is 6.41 Å². The van der Waals surface area contributed by atoms with Gasteiger partial charge in [0.2, 0.25) is 0 Å². The summed E-state index contributed by atoms with van der Waals surface area (Å²) < 4.78 is 0. The summed E-state index contributed by atoms with van der Waals surface area (Å²) in [4.78, 5) is 18.9. The Labute approximate surface area is 149 Å². The van der Waals surface area contributed by atoms with E-state index in [2.05, 4.69) is 0 Å². The molecule has 0 heterocycles. The first kappa shape index (κ1) is 29.2. The van der Waals surface area contributed by atoms with E-state index >= 15 is 0 Å². The molecule has 11 heavy (non-hydrogen) atoms. The van der Waals surface area contributed by atoms with E-state index in [-0.39, 0.29) is 119 Å². The van der Waals surface area contributed by atoms with E-state index in [0.717, 1.165) is 0 Å². The maximum atomic E-state index is 9.63. The van der Waals surface area contributed by atoms with Crippen molar-refractivity contribution in [1.82, 2.24) is 5.32 Å². The first-order valence-electron chi connectivity index (χ1n) is 1.62. The van der Waals surface area contributed by atoms with Crippen LogP contribution in [0.15, 0.2) is 0 Å². The van der Waals surface area contributed by atoms with Crippen LogP contribution in [0.25, 0.3) is 5.73 Å². The normalized spacial score (nSPS) is 4.73. The number of hydrogen-bond donors (Lipinski definition) is 1. The smallest absolute Gasteiger partial charge is 0.666 e. The van der Waals surface area contributed by atoms with E-state index in [9.17, 15) is 9.59 Å². The third-order valence-electron chi connectivity index (χ3n) is 0.321. The molecule has 2 amide bonds. The van der Waals surface area contributed by atoms with Gasteiger partial charge in [-0.05, 0) is 0 Å². The molecule has 0 spiro atoms. The van der Waals surface area contributed by atoms with Crippen molar-refractivity contribution in [2.24, 2.45) is 0 Å². The molecule has 2 N–H and O–H groups in total. The van der Waals surface area contributed by atoms with Crippen LogP contribution in [0, 0.1) is 7.43 Å². The van der Waals surface area contributed by atoms with Crippen LogP contribution < -0.4 is 56.7 Å². The molecular formula is C4H7KN2O2WY-2. The summed E-state index contributed by atoms with van der Waals surface area (Å²) in [5.74, 6) is -0.816. The summed E-state index contributed by atoms with van der Waals surface area (Å²) in [6.45, 7) is -0.247. The van der Waals surface area contributed by atoms with Crippen molar-refractivity contribution in [3.05, 3.63) is 13.2 Å². The number of rotatable bonds is 3. The summed E-state index contributed by atoms with van der Waals surface area (Å²) in [5, 5.41) is 1.91. The van der Waals surface area contributed by atoms with Gasteiger partial charge in [-0.25, -0.2) is 0 Å². The van der Waals surface area contributed by atoms with Gasteiger partial charge >= 0.3 is 51.4 Å². The maximum Gasteiger partial charge on any atom is 1.00 e. The molecule has 0 aliphatic heterocycles. The molecule has 0 atom stereocenters. The Morgan fingerprint density at radius 1 is 1.55 bits per heavy atom. The molecule has 0 aromatic carbocycles. The van der Waals surface area contributed by atoms with Crippen molar-refractivity contribution in [2.75, 3.05) is 6.54 Å². The minimum absolute atomic E-state index is 0. The van der Waals surface area contributed by atoms with Crippen LogP contribution in [0.2, 0.25) is 0 Å². The van der Waals surface area contributed by atoms with Crippen LogP contribution in [0.1, 0.15) is 0 Å². The number of carbonyl (C=O) groups is 1. The Bertz CT molecular complexity index is 96.2. The standard InChI is InChI=1S/C3H5N2O2.CH3.K.W.Y/c4-3(7)1-5-2-6;;;;/h1H2,(H3,4,5,6,7);1H3;;;/q2*-1;+1;;/p-1. The van der Waals surface area contributed by atoms with Gasteiger partial charge in [-0.2, -0.15) is 6.41 Å². The van der Waals surface area contributed by atoms with E-state index < -0.39 is 5.91 Å². The van der Waals surface area contributed by atoms with Gasteiger partial charge in [0.05, 0.1) is 5.91 Å². The molecule has 0 saturated heterocycles. The maximum absolute atomic E-state index is 9.63. The molecule has 0 fully saturated rings. The third kappa shape index (κ3) is 32.8. The summed E-state index contributed by atoms with van der Waals surface area (Å²) in [6, 6.07) is 0. The van der Waals surface area contributed by atoms with Crippen LogP contribution >= 0.6 is 0 Å². The van der Waals surface area contributed by atoms with Gasteiger partial charge in [0.25, 0.3) is 0 Å². The van der Waals surface area contributed by atoms with Gasteiger partial charge in [0.1, 0.15) is 0 Å². The predicted molar refractivity (Wildman–Crippen MR) is 29.4 cm³/mol. The first-order chi connectivity index (χ1) is 3.27. The summed E-state index contributed by atoms with van der Waals surface area (Å²) in [6.07, 6.45) is 1.26. The fourth-order valence-corrected chi connectivity index (χ4v) is 0.116. The fourth-order valence-electron chi connectivity index (χ4n) is 0.116. The molecule has 0 aliphatic carbocycles. The fraction of sp³-hybridized carbons (Fsp3) is 0.250. The Balaban J connectivity index is -0.0000000300. The SMILES string of the molecule is [CH3-].[K+].[NH-]C(=O)CN[C-]=O.[W].[Y]. The largest absolute Gasteiger partial charge is 1.00 e. The Kier molecular flexibility index (Phi) is 60.6. The van der Waals surface area contributed by atoms with E-state index in [4.69, 9.17) is 5.73 Å². The Hall–Kier alpha value is 2.37. The molecule has 0 aliphatic rings. The Morgan fingerprint density at radius 3 is 2.00 bits per heavy atom. The van der Waals surface area contributed by atoms with Crippen LogP contribution in [-0.2, 0) is 63.4 Å². The number of amides is 2. The number of carbonyl (C=O) groups excluding carboxylic acids is 2. The molecular weight excluding hydrogens is 420 g/mol. The van der Waals surface area contributed by atoms with Crippen molar-refractivity contribution in [3.8, 4) is 0 Å². The average Bonchev–Trinajstić information content (AvgIpc) is 1.61. The first-order valence-corrected chi connectivity index (χ1v) is 1.62. The van der Waals surface area contributed by atoms with Crippen molar-refractivity contribution < 1.29 is 115 Å². The molecule has 4 nitrogen and oxygen atoms in total. The molecule has 1 radical (unpaired) electrons. The zero-order valence-corrected chi connectivity index (χ0v) is 15.4. The molecule has 7 heteroatoms. The van der Waals surface area contributed by atoms with Gasteiger partial charge < -0.3 is 28.1 Å². The molecule has 0 rings (SSSR count). The van der Waals surface area contributed by atoms with Gasteiger partial charge in [0.15, 0.2) is 0 Å². The summed E-state index contributed by atoms with van der Waals surface area (Å²) in [5.41, 5.74) is 6.20. The van der Waals surface area contributed by atoms with Gasteiger partial charge in [-0.3, -0.25) is 0 Å². The minimum atomic E-state index is -0.816. The van der Waals surface area contributed by atoms with Crippen LogP contribution in [0.4, 0.5) is 0 Å². The minimum Gasteiger partial charge on any atom is -0.666 e. The van der Waals surface area contributed by atoms with Crippen molar-refractivity contribution >= 4 is 12.3 Å². The second kappa shape index (κ2) is 22.8. The van der Waals surface area contributed by atoms with Crippen LogP contribution in [0.3, 0.4) is 0 Å². The molecule has 0 aromatic heterocycles. The quantitative estimate of drug-likeness (QED) is 0.291. The summed E-state index contributed by atoms with van der Waals surface area (Å²) >= 11 is 0. The van der Waals surface area contributed by atoms with Crippen molar-refractivity contribution in [1.29, 1.82) is 0 Å². The number of hydrogen-bond acceptors (Lipinski definition) is 2. The topological polar surface area (TPSA) is 70.0 Å². The molecule has 0 unspecified atom stereocenters. The monoisotopic (exact) mass is 427 g/mol. The van der Waals surface area contributed by atoms with Crippen LogP contribution in [0.5, 0.6) is 0 Å². The average molecular weight is 427 g/mol. The zero-order valence-electron chi connectivity index (χ0n) is 6.51.